The predicted molar refractivity (Wildman–Crippen MR) is 90.4 cm³/mol. The van der Waals surface area contributed by atoms with Crippen LogP contribution < -0.4 is 0 Å². The molecule has 1 aliphatic carbocycles. The second kappa shape index (κ2) is 6.57. The van der Waals surface area contributed by atoms with Gasteiger partial charge in [-0.2, -0.15) is 4.31 Å². The maximum Gasteiger partial charge on any atom is 0.276 e. The van der Waals surface area contributed by atoms with Crippen LogP contribution in [0.25, 0.3) is 11.5 Å². The fourth-order valence-electron chi connectivity index (χ4n) is 3.80. The number of nitrogens with zero attached hydrogens (tertiary/aromatic N) is 3. The molecule has 1 atom stereocenters. The molecule has 8 heteroatoms. The third-order valence-electron chi connectivity index (χ3n) is 5.27. The minimum absolute atomic E-state index is 0.00956. The van der Waals surface area contributed by atoms with Crippen molar-refractivity contribution in [1.29, 1.82) is 0 Å². The van der Waals surface area contributed by atoms with Crippen LogP contribution in [0.15, 0.2) is 26.3 Å². The summed E-state index contributed by atoms with van der Waals surface area (Å²) in [6, 6.07) is 1.48. The molecule has 2 aliphatic rings. The van der Waals surface area contributed by atoms with Gasteiger partial charge in [-0.15, -0.1) is 10.2 Å². The van der Waals surface area contributed by atoms with Crippen LogP contribution in [0.2, 0.25) is 0 Å². The predicted octanol–water partition coefficient (Wildman–Crippen LogP) is 3.55. The minimum Gasteiger partial charge on any atom is -0.451 e. The first-order valence-corrected chi connectivity index (χ1v) is 10.4. The summed E-state index contributed by atoms with van der Waals surface area (Å²) in [6.07, 6.45) is 8.71. The van der Waals surface area contributed by atoms with Crippen LogP contribution in [0.4, 0.5) is 0 Å². The highest BCUT2D eigenvalue weighted by Gasteiger charge is 2.34. The molecular weight excluding hydrogens is 342 g/mol. The zero-order chi connectivity index (χ0) is 17.4. The van der Waals surface area contributed by atoms with Crippen LogP contribution in [-0.2, 0) is 10.0 Å². The van der Waals surface area contributed by atoms with Crippen molar-refractivity contribution in [1.82, 2.24) is 14.5 Å². The molecule has 1 saturated heterocycles. The Labute approximate surface area is 147 Å². The van der Waals surface area contributed by atoms with E-state index >= 15 is 0 Å². The maximum atomic E-state index is 12.8. The lowest BCUT2D eigenvalue weighted by Gasteiger charge is -2.31. The molecule has 136 valence electrons. The lowest BCUT2D eigenvalue weighted by molar-refractivity contribution is 0.262. The van der Waals surface area contributed by atoms with Crippen LogP contribution in [0.5, 0.6) is 0 Å². The Morgan fingerprint density at radius 3 is 2.64 bits per heavy atom. The van der Waals surface area contributed by atoms with Gasteiger partial charge in [-0.05, 0) is 32.6 Å². The molecule has 0 radical (unpaired) electrons. The van der Waals surface area contributed by atoms with Gasteiger partial charge in [0, 0.05) is 24.6 Å². The van der Waals surface area contributed by atoms with Gasteiger partial charge in [-0.3, -0.25) is 0 Å². The van der Waals surface area contributed by atoms with Crippen LogP contribution in [0.1, 0.15) is 63.7 Å². The van der Waals surface area contributed by atoms with E-state index in [0.29, 0.717) is 29.8 Å². The van der Waals surface area contributed by atoms with Crippen molar-refractivity contribution < 1.29 is 17.3 Å². The number of rotatable bonds is 4. The molecule has 2 aromatic heterocycles. The van der Waals surface area contributed by atoms with Crippen molar-refractivity contribution >= 4 is 10.0 Å². The van der Waals surface area contributed by atoms with E-state index in [1.54, 1.807) is 0 Å². The van der Waals surface area contributed by atoms with E-state index in [9.17, 15) is 8.42 Å². The SMILES string of the molecule is C[C@@H]1CCCCN1S(=O)(=O)c1cc(-c2nnc(C3CCCC3)o2)co1. The average molecular weight is 365 g/mol. The molecule has 3 heterocycles. The molecule has 0 N–H and O–H groups in total. The van der Waals surface area contributed by atoms with Gasteiger partial charge in [-0.25, -0.2) is 8.42 Å². The van der Waals surface area contributed by atoms with Gasteiger partial charge in [0.15, 0.2) is 0 Å². The van der Waals surface area contributed by atoms with Crippen molar-refractivity contribution in [2.75, 3.05) is 6.54 Å². The van der Waals surface area contributed by atoms with Crippen LogP contribution >= 0.6 is 0 Å². The summed E-state index contributed by atoms with van der Waals surface area (Å²) in [7, 11) is -3.63. The van der Waals surface area contributed by atoms with E-state index in [2.05, 4.69) is 10.2 Å². The molecule has 1 aliphatic heterocycles. The first-order chi connectivity index (χ1) is 12.1. The summed E-state index contributed by atoms with van der Waals surface area (Å²) < 4.78 is 38.3. The molecule has 1 saturated carbocycles. The van der Waals surface area contributed by atoms with E-state index < -0.39 is 10.0 Å². The van der Waals surface area contributed by atoms with Crippen molar-refractivity contribution in [3.05, 3.63) is 18.2 Å². The zero-order valence-electron chi connectivity index (χ0n) is 14.3. The highest BCUT2D eigenvalue weighted by Crippen LogP contribution is 2.35. The third kappa shape index (κ3) is 3.13. The molecule has 4 rings (SSSR count). The molecule has 7 nitrogen and oxygen atoms in total. The summed E-state index contributed by atoms with van der Waals surface area (Å²) in [4.78, 5) is 0. The normalized spacial score (nSPS) is 23.3. The summed E-state index contributed by atoms with van der Waals surface area (Å²) in [5.74, 6) is 1.28. The lowest BCUT2D eigenvalue weighted by Crippen LogP contribution is -2.41. The Bertz CT molecular complexity index is 836. The Hall–Kier alpha value is -1.67. The number of sulfonamides is 1. The maximum absolute atomic E-state index is 12.8. The number of hydrogen-bond donors (Lipinski definition) is 0. The number of hydrogen-bond acceptors (Lipinski definition) is 6. The van der Waals surface area contributed by atoms with E-state index in [1.807, 2.05) is 6.92 Å². The Kier molecular flexibility index (Phi) is 4.41. The molecule has 25 heavy (non-hydrogen) atoms. The first-order valence-electron chi connectivity index (χ1n) is 9.00. The van der Waals surface area contributed by atoms with Gasteiger partial charge < -0.3 is 8.83 Å². The molecule has 0 spiro atoms. The Balaban J connectivity index is 1.57. The van der Waals surface area contributed by atoms with Gasteiger partial charge in [0.1, 0.15) is 6.26 Å². The van der Waals surface area contributed by atoms with Crippen molar-refractivity contribution in [2.24, 2.45) is 0 Å². The fourth-order valence-corrected chi connectivity index (χ4v) is 5.42. The van der Waals surface area contributed by atoms with E-state index in [1.165, 1.54) is 29.5 Å². The van der Waals surface area contributed by atoms with Crippen LogP contribution in [0.3, 0.4) is 0 Å². The minimum atomic E-state index is -3.63. The number of aromatic nitrogens is 2. The Morgan fingerprint density at radius 2 is 1.88 bits per heavy atom. The van der Waals surface area contributed by atoms with E-state index in [4.69, 9.17) is 8.83 Å². The smallest absolute Gasteiger partial charge is 0.276 e. The van der Waals surface area contributed by atoms with Crippen molar-refractivity contribution in [3.63, 3.8) is 0 Å². The van der Waals surface area contributed by atoms with Crippen LogP contribution in [-0.4, -0.2) is 35.5 Å². The largest absolute Gasteiger partial charge is 0.451 e. The lowest BCUT2D eigenvalue weighted by atomic mass is 10.1. The quantitative estimate of drug-likeness (QED) is 0.823. The zero-order valence-corrected chi connectivity index (χ0v) is 15.2. The number of furan rings is 1. The van der Waals surface area contributed by atoms with Gasteiger partial charge in [0.05, 0.1) is 5.56 Å². The van der Waals surface area contributed by atoms with Gasteiger partial charge in [-0.1, -0.05) is 19.3 Å². The molecule has 0 unspecified atom stereocenters. The highest BCUT2D eigenvalue weighted by atomic mass is 32.2. The standard InChI is InChI=1S/C17H23N3O4S/c1-12-6-4-5-9-20(12)25(21,22)15-10-14(11-23-15)17-19-18-16(24-17)13-7-2-3-8-13/h10-13H,2-9H2,1H3/t12-/m1/s1. The number of piperidine rings is 1. The summed E-state index contributed by atoms with van der Waals surface area (Å²) in [5, 5.41) is 8.14. The van der Waals surface area contributed by atoms with Gasteiger partial charge in [0.25, 0.3) is 15.9 Å². The summed E-state index contributed by atoms with van der Waals surface area (Å²) in [6.45, 7) is 2.47. The van der Waals surface area contributed by atoms with Gasteiger partial charge >= 0.3 is 0 Å². The van der Waals surface area contributed by atoms with Gasteiger partial charge in [0.2, 0.25) is 11.0 Å². The second-order valence-electron chi connectivity index (χ2n) is 7.04. The average Bonchev–Trinajstić information content (AvgIpc) is 3.34. The highest BCUT2D eigenvalue weighted by molar-refractivity contribution is 7.89. The monoisotopic (exact) mass is 365 g/mol. The molecule has 0 bridgehead atoms. The molecule has 0 aromatic carbocycles. The van der Waals surface area contributed by atoms with Crippen LogP contribution in [0, 0.1) is 0 Å². The summed E-state index contributed by atoms with van der Waals surface area (Å²) >= 11 is 0. The molecule has 2 fully saturated rings. The van der Waals surface area contributed by atoms with E-state index in [-0.39, 0.29) is 11.1 Å². The first kappa shape index (κ1) is 16.8. The molecule has 2 aromatic rings. The Morgan fingerprint density at radius 1 is 1.12 bits per heavy atom. The fraction of sp³-hybridized carbons (Fsp3) is 0.647. The molecule has 0 amide bonds. The van der Waals surface area contributed by atoms with E-state index in [0.717, 1.165) is 32.1 Å². The van der Waals surface area contributed by atoms with Crippen molar-refractivity contribution in [3.8, 4) is 11.5 Å². The topological polar surface area (TPSA) is 89.4 Å². The van der Waals surface area contributed by atoms with Crippen molar-refractivity contribution in [2.45, 2.75) is 68.9 Å². The second-order valence-corrected chi connectivity index (χ2v) is 8.86. The summed E-state index contributed by atoms with van der Waals surface area (Å²) in [5.41, 5.74) is 0.514. The molecular formula is C17H23N3O4S. The third-order valence-corrected chi connectivity index (χ3v) is 7.15.